The molecule has 4 heterocycles. The molecule has 146 valence electrons. The van der Waals surface area contributed by atoms with E-state index in [1.54, 1.807) is 0 Å². The number of hydrogen-bond donors (Lipinski definition) is 1. The highest BCUT2D eigenvalue weighted by molar-refractivity contribution is 6.02. The summed E-state index contributed by atoms with van der Waals surface area (Å²) in [6.45, 7) is 7.12. The van der Waals surface area contributed by atoms with Crippen LogP contribution in [0, 0.1) is 0 Å². The summed E-state index contributed by atoms with van der Waals surface area (Å²) in [4.78, 5) is 23.4. The molecule has 8 heteroatoms. The first-order valence-electron chi connectivity index (χ1n) is 9.91. The molecule has 1 aliphatic carbocycles. The Balaban J connectivity index is 1.86. The molecule has 28 heavy (non-hydrogen) atoms. The van der Waals surface area contributed by atoms with E-state index < -0.39 is 0 Å². The molecule has 0 saturated heterocycles. The van der Waals surface area contributed by atoms with Crippen LogP contribution < -0.4 is 5.73 Å². The van der Waals surface area contributed by atoms with Crippen molar-refractivity contribution in [2.24, 2.45) is 0 Å². The lowest BCUT2D eigenvalue weighted by molar-refractivity contribution is -0.132. The molecule has 5 rings (SSSR count). The number of carbonyl (C=O) groups is 1. The Kier molecular flexibility index (Phi) is 3.72. The number of hydrogen-bond acceptors (Lipinski definition) is 6. The molecule has 0 unspecified atom stereocenters. The smallest absolute Gasteiger partial charge is 0.222 e. The van der Waals surface area contributed by atoms with Crippen LogP contribution >= 0.6 is 0 Å². The molecule has 8 nitrogen and oxygen atoms in total. The predicted molar refractivity (Wildman–Crippen MR) is 104 cm³/mol. The van der Waals surface area contributed by atoms with Crippen molar-refractivity contribution in [1.29, 1.82) is 0 Å². The van der Waals surface area contributed by atoms with E-state index in [0.29, 0.717) is 31.2 Å². The quantitative estimate of drug-likeness (QED) is 0.747. The van der Waals surface area contributed by atoms with Crippen molar-refractivity contribution < 1.29 is 9.32 Å². The minimum absolute atomic E-state index is 0.112. The number of aromatic nitrogens is 4. The van der Waals surface area contributed by atoms with Gasteiger partial charge in [0.05, 0.1) is 18.5 Å². The lowest BCUT2D eigenvalue weighted by Gasteiger charge is -2.23. The van der Waals surface area contributed by atoms with Gasteiger partial charge in [-0.15, -0.1) is 0 Å². The minimum atomic E-state index is 0.112. The average Bonchev–Trinajstić information content (AvgIpc) is 3.38. The van der Waals surface area contributed by atoms with Gasteiger partial charge in [-0.05, 0) is 26.7 Å². The number of amides is 1. The molecule has 2 N–H and O–H groups in total. The van der Waals surface area contributed by atoms with Crippen molar-refractivity contribution in [2.45, 2.75) is 65.1 Å². The molecule has 2 aliphatic rings. The van der Waals surface area contributed by atoms with Gasteiger partial charge in [0, 0.05) is 35.2 Å². The van der Waals surface area contributed by atoms with Crippen LogP contribution in [-0.4, -0.2) is 30.5 Å². The molecule has 0 spiro atoms. The lowest BCUT2D eigenvalue weighted by atomic mass is 10.0. The van der Waals surface area contributed by atoms with Gasteiger partial charge in [-0.3, -0.25) is 4.79 Å². The molecule has 3 aromatic heterocycles. The Morgan fingerprint density at radius 1 is 1.32 bits per heavy atom. The van der Waals surface area contributed by atoms with Crippen LogP contribution in [0.4, 0.5) is 5.82 Å². The Morgan fingerprint density at radius 3 is 2.79 bits per heavy atom. The summed E-state index contributed by atoms with van der Waals surface area (Å²) >= 11 is 0. The number of carbonyl (C=O) groups excluding carboxylic acids is 1. The Morgan fingerprint density at radius 2 is 2.11 bits per heavy atom. The molecule has 3 aromatic rings. The first kappa shape index (κ1) is 17.2. The number of rotatable bonds is 3. The molecule has 0 aromatic carbocycles. The minimum Gasteiger partial charge on any atom is -0.383 e. The van der Waals surface area contributed by atoms with Crippen LogP contribution in [-0.2, 0) is 17.9 Å². The molecule has 1 saturated carbocycles. The fraction of sp³-hybridized carbons (Fsp3) is 0.500. The maximum Gasteiger partial charge on any atom is 0.222 e. The monoisotopic (exact) mass is 380 g/mol. The molecular formula is C20H24N6O2. The Bertz CT molecular complexity index is 1090. The van der Waals surface area contributed by atoms with Crippen LogP contribution in [0.5, 0.6) is 0 Å². The zero-order chi connectivity index (χ0) is 19.6. The van der Waals surface area contributed by atoms with E-state index in [4.69, 9.17) is 10.3 Å². The normalized spacial score (nSPS) is 16.4. The fourth-order valence-electron chi connectivity index (χ4n) is 4.34. The lowest BCUT2D eigenvalue weighted by Crippen LogP contribution is -2.30. The third-order valence-electron chi connectivity index (χ3n) is 5.78. The number of fused-ring (bicyclic) bond motifs is 5. The molecular weight excluding hydrogens is 356 g/mol. The molecule has 1 aliphatic heterocycles. The standard InChI is InChI=1S/C20H24N6O2/c1-4-14(27)25-7-12-17(24-28-18(12)11-5-6-11)15-13(8-25)26(10(2)3)20-16(15)19(21)22-9-23-20/h9-11H,4-8H2,1-3H3,(H2,21,22,23). The maximum absolute atomic E-state index is 12.7. The molecule has 1 amide bonds. The number of nitrogens with two attached hydrogens (primary N) is 1. The van der Waals surface area contributed by atoms with Crippen LogP contribution in [0.3, 0.4) is 0 Å². The zero-order valence-corrected chi connectivity index (χ0v) is 16.4. The number of nitrogens with zero attached hydrogens (tertiary/aromatic N) is 5. The van der Waals surface area contributed by atoms with E-state index in [1.165, 1.54) is 6.33 Å². The zero-order valence-electron chi connectivity index (χ0n) is 16.4. The van der Waals surface area contributed by atoms with Gasteiger partial charge in [-0.2, -0.15) is 0 Å². The third kappa shape index (κ3) is 2.36. The second-order valence-corrected chi connectivity index (χ2v) is 7.99. The third-order valence-corrected chi connectivity index (χ3v) is 5.78. The van der Waals surface area contributed by atoms with E-state index in [-0.39, 0.29) is 11.9 Å². The van der Waals surface area contributed by atoms with Gasteiger partial charge in [0.25, 0.3) is 0 Å². The molecule has 0 radical (unpaired) electrons. The van der Waals surface area contributed by atoms with Crippen LogP contribution in [0.25, 0.3) is 22.3 Å². The fourth-order valence-corrected chi connectivity index (χ4v) is 4.34. The number of nitrogen functional groups attached to an aromatic ring is 1. The summed E-state index contributed by atoms with van der Waals surface area (Å²) < 4.78 is 7.95. The summed E-state index contributed by atoms with van der Waals surface area (Å²) in [6, 6.07) is 0.149. The molecule has 1 fully saturated rings. The van der Waals surface area contributed by atoms with Gasteiger partial charge >= 0.3 is 0 Å². The average molecular weight is 380 g/mol. The summed E-state index contributed by atoms with van der Waals surface area (Å²) in [6.07, 6.45) is 4.16. The Hall–Kier alpha value is -2.90. The topological polar surface area (TPSA) is 103 Å². The van der Waals surface area contributed by atoms with E-state index in [9.17, 15) is 4.79 Å². The second kappa shape index (κ2) is 6.05. The summed E-state index contributed by atoms with van der Waals surface area (Å²) in [5.74, 6) is 1.86. The van der Waals surface area contributed by atoms with E-state index >= 15 is 0 Å². The first-order chi connectivity index (χ1) is 13.5. The second-order valence-electron chi connectivity index (χ2n) is 7.99. The Labute approximate surface area is 162 Å². The van der Waals surface area contributed by atoms with Crippen molar-refractivity contribution in [3.05, 3.63) is 23.3 Å². The van der Waals surface area contributed by atoms with Crippen molar-refractivity contribution >= 4 is 22.8 Å². The van der Waals surface area contributed by atoms with Gasteiger partial charge in [0.2, 0.25) is 5.91 Å². The van der Waals surface area contributed by atoms with Gasteiger partial charge < -0.3 is 19.7 Å². The summed E-state index contributed by atoms with van der Waals surface area (Å²) in [7, 11) is 0. The van der Waals surface area contributed by atoms with Crippen LogP contribution in [0.2, 0.25) is 0 Å². The highest BCUT2D eigenvalue weighted by atomic mass is 16.5. The highest BCUT2D eigenvalue weighted by Gasteiger charge is 2.38. The van der Waals surface area contributed by atoms with Crippen LogP contribution in [0.15, 0.2) is 10.9 Å². The van der Waals surface area contributed by atoms with Crippen molar-refractivity contribution in [2.75, 3.05) is 5.73 Å². The van der Waals surface area contributed by atoms with Gasteiger partial charge in [0.1, 0.15) is 29.2 Å². The van der Waals surface area contributed by atoms with Crippen molar-refractivity contribution in [3.8, 4) is 11.3 Å². The van der Waals surface area contributed by atoms with E-state index in [2.05, 4.69) is 33.5 Å². The van der Waals surface area contributed by atoms with Crippen molar-refractivity contribution in [1.82, 2.24) is 24.6 Å². The summed E-state index contributed by atoms with van der Waals surface area (Å²) in [5, 5.41) is 5.27. The highest BCUT2D eigenvalue weighted by Crippen LogP contribution is 2.48. The van der Waals surface area contributed by atoms with Crippen LogP contribution in [0.1, 0.15) is 69.0 Å². The van der Waals surface area contributed by atoms with Gasteiger partial charge in [0.15, 0.2) is 0 Å². The molecule has 0 atom stereocenters. The predicted octanol–water partition coefficient (Wildman–Crippen LogP) is 3.38. The number of anilines is 1. The maximum atomic E-state index is 12.7. The summed E-state index contributed by atoms with van der Waals surface area (Å²) in [5.41, 5.74) is 10.8. The largest absolute Gasteiger partial charge is 0.383 e. The van der Waals surface area contributed by atoms with Gasteiger partial charge in [-0.25, -0.2) is 9.97 Å². The van der Waals surface area contributed by atoms with Gasteiger partial charge in [-0.1, -0.05) is 12.1 Å². The molecule has 0 bridgehead atoms. The first-order valence-corrected chi connectivity index (χ1v) is 9.91. The van der Waals surface area contributed by atoms with Crippen molar-refractivity contribution in [3.63, 3.8) is 0 Å². The van der Waals surface area contributed by atoms with E-state index in [0.717, 1.165) is 52.2 Å². The van der Waals surface area contributed by atoms with E-state index in [1.807, 2.05) is 11.8 Å². The SMILES string of the molecule is CCC(=O)N1Cc2c(noc2C2CC2)-c2c(n(C(C)C)c3ncnc(N)c23)C1.